The molecule has 0 unspecified atom stereocenters. The number of carbonyl (C=O) groups is 2. The van der Waals surface area contributed by atoms with Gasteiger partial charge in [-0.3, -0.25) is 9.59 Å². The van der Waals surface area contributed by atoms with E-state index >= 15 is 0 Å². The zero-order chi connectivity index (χ0) is 21.7. The van der Waals surface area contributed by atoms with E-state index in [1.165, 1.54) is 0 Å². The number of ether oxygens (including phenoxy) is 1. The number of hydrogen-bond acceptors (Lipinski definition) is 5. The molecule has 7 heteroatoms. The monoisotopic (exact) mass is 423 g/mol. The Balaban J connectivity index is 1.65. The first-order chi connectivity index (χ1) is 14.3. The van der Waals surface area contributed by atoms with Crippen LogP contribution in [0.15, 0.2) is 47.8 Å². The van der Waals surface area contributed by atoms with Gasteiger partial charge < -0.3 is 15.4 Å². The van der Waals surface area contributed by atoms with Crippen molar-refractivity contribution in [3.63, 3.8) is 0 Å². The molecule has 1 aromatic heterocycles. The quantitative estimate of drug-likeness (QED) is 0.576. The molecule has 3 rings (SSSR count). The number of amides is 2. The Labute approximate surface area is 180 Å². The van der Waals surface area contributed by atoms with Crippen LogP contribution < -0.4 is 15.4 Å². The van der Waals surface area contributed by atoms with Gasteiger partial charge in [0.2, 0.25) is 0 Å². The molecular weight excluding hydrogens is 398 g/mol. The van der Waals surface area contributed by atoms with Crippen LogP contribution in [0, 0.1) is 13.8 Å². The number of aryl methyl sites for hydroxylation is 2. The second-order valence-electron chi connectivity index (χ2n) is 7.29. The van der Waals surface area contributed by atoms with Gasteiger partial charge in [-0.05, 0) is 69.7 Å². The van der Waals surface area contributed by atoms with Crippen LogP contribution in [-0.2, 0) is 6.61 Å². The summed E-state index contributed by atoms with van der Waals surface area (Å²) in [5.41, 5.74) is 3.37. The van der Waals surface area contributed by atoms with Crippen molar-refractivity contribution in [3.8, 4) is 5.75 Å². The van der Waals surface area contributed by atoms with E-state index in [1.54, 1.807) is 47.7 Å². The maximum absolute atomic E-state index is 12.7. The molecule has 0 bridgehead atoms. The standard InChI is InChI=1S/C23H25N3O3S/c1-14(2)24-23(28)21-9-8-18(10-15(21)3)26-22(27)17-6-5-7-20(11-17)29-12-19-13-30-16(4)25-19/h5-11,13-14H,12H2,1-4H3,(H,24,28)(H,26,27). The SMILES string of the molecule is Cc1nc(COc2cccc(C(=O)Nc3ccc(C(=O)NC(C)C)c(C)c3)c2)cs1. The van der Waals surface area contributed by atoms with Gasteiger partial charge in [0.05, 0.1) is 10.7 Å². The van der Waals surface area contributed by atoms with Gasteiger partial charge in [-0.15, -0.1) is 11.3 Å². The van der Waals surface area contributed by atoms with E-state index < -0.39 is 0 Å². The van der Waals surface area contributed by atoms with Crippen molar-refractivity contribution in [1.82, 2.24) is 10.3 Å². The molecule has 0 atom stereocenters. The van der Waals surface area contributed by atoms with Gasteiger partial charge >= 0.3 is 0 Å². The Kier molecular flexibility index (Phi) is 6.84. The maximum Gasteiger partial charge on any atom is 0.255 e. The molecule has 6 nitrogen and oxygen atoms in total. The van der Waals surface area contributed by atoms with Crippen molar-refractivity contribution in [2.24, 2.45) is 0 Å². The summed E-state index contributed by atoms with van der Waals surface area (Å²) >= 11 is 1.58. The third-order valence-corrected chi connectivity index (χ3v) is 5.12. The average Bonchev–Trinajstić information content (AvgIpc) is 3.11. The summed E-state index contributed by atoms with van der Waals surface area (Å²) in [5.74, 6) is 0.231. The third kappa shape index (κ3) is 5.67. The van der Waals surface area contributed by atoms with Gasteiger partial charge in [0.1, 0.15) is 12.4 Å². The van der Waals surface area contributed by atoms with E-state index in [0.717, 1.165) is 16.3 Å². The fourth-order valence-corrected chi connectivity index (χ4v) is 3.50. The molecule has 2 N–H and O–H groups in total. The molecular formula is C23H25N3O3S. The van der Waals surface area contributed by atoms with Crippen LogP contribution in [0.3, 0.4) is 0 Å². The zero-order valence-corrected chi connectivity index (χ0v) is 18.3. The van der Waals surface area contributed by atoms with Gasteiger partial charge in [-0.2, -0.15) is 0 Å². The van der Waals surface area contributed by atoms with Crippen molar-refractivity contribution >= 4 is 28.8 Å². The van der Waals surface area contributed by atoms with Crippen molar-refractivity contribution in [1.29, 1.82) is 0 Å². The molecule has 0 aliphatic carbocycles. The van der Waals surface area contributed by atoms with E-state index in [9.17, 15) is 9.59 Å². The molecule has 2 amide bonds. The first kappa shape index (κ1) is 21.5. The highest BCUT2D eigenvalue weighted by atomic mass is 32.1. The molecule has 0 radical (unpaired) electrons. The lowest BCUT2D eigenvalue weighted by Gasteiger charge is -2.12. The summed E-state index contributed by atoms with van der Waals surface area (Å²) in [6.45, 7) is 7.98. The maximum atomic E-state index is 12.7. The van der Waals surface area contributed by atoms with Crippen LogP contribution >= 0.6 is 11.3 Å². The number of hydrogen-bond donors (Lipinski definition) is 2. The zero-order valence-electron chi connectivity index (χ0n) is 17.5. The third-order valence-electron chi connectivity index (χ3n) is 4.30. The average molecular weight is 424 g/mol. The fraction of sp³-hybridized carbons (Fsp3) is 0.261. The summed E-state index contributed by atoms with van der Waals surface area (Å²) in [6.07, 6.45) is 0. The predicted octanol–water partition coefficient (Wildman–Crippen LogP) is 4.73. The summed E-state index contributed by atoms with van der Waals surface area (Å²) in [4.78, 5) is 29.2. The van der Waals surface area contributed by atoms with Crippen LogP contribution in [0.4, 0.5) is 5.69 Å². The normalized spacial score (nSPS) is 10.7. The Morgan fingerprint density at radius 3 is 2.57 bits per heavy atom. The number of anilines is 1. The number of benzene rings is 2. The first-order valence-electron chi connectivity index (χ1n) is 9.68. The molecule has 0 saturated carbocycles. The van der Waals surface area contributed by atoms with Crippen LogP contribution in [0.25, 0.3) is 0 Å². The largest absolute Gasteiger partial charge is 0.487 e. The molecule has 156 valence electrons. The van der Waals surface area contributed by atoms with Gasteiger partial charge in [0.15, 0.2) is 0 Å². The Hall–Kier alpha value is -3.19. The van der Waals surface area contributed by atoms with E-state index in [-0.39, 0.29) is 17.9 Å². The minimum absolute atomic E-state index is 0.0605. The van der Waals surface area contributed by atoms with E-state index in [0.29, 0.717) is 29.2 Å². The molecule has 2 aromatic carbocycles. The molecule has 0 fully saturated rings. The van der Waals surface area contributed by atoms with Crippen molar-refractivity contribution in [2.45, 2.75) is 40.3 Å². The molecule has 30 heavy (non-hydrogen) atoms. The predicted molar refractivity (Wildman–Crippen MR) is 119 cm³/mol. The van der Waals surface area contributed by atoms with E-state index in [4.69, 9.17) is 4.74 Å². The number of carbonyl (C=O) groups excluding carboxylic acids is 2. The lowest BCUT2D eigenvalue weighted by molar-refractivity contribution is 0.0942. The van der Waals surface area contributed by atoms with E-state index in [2.05, 4.69) is 15.6 Å². The Morgan fingerprint density at radius 2 is 1.90 bits per heavy atom. The lowest BCUT2D eigenvalue weighted by Crippen LogP contribution is -2.30. The summed E-state index contributed by atoms with van der Waals surface area (Å²) in [6, 6.07) is 12.3. The highest BCUT2D eigenvalue weighted by Gasteiger charge is 2.12. The van der Waals surface area contributed by atoms with Crippen molar-refractivity contribution in [2.75, 3.05) is 5.32 Å². The minimum atomic E-state index is -0.247. The highest BCUT2D eigenvalue weighted by molar-refractivity contribution is 7.09. The van der Waals surface area contributed by atoms with Gasteiger partial charge in [-0.25, -0.2) is 4.98 Å². The minimum Gasteiger partial charge on any atom is -0.487 e. The van der Waals surface area contributed by atoms with Crippen LogP contribution in [0.2, 0.25) is 0 Å². The van der Waals surface area contributed by atoms with Gasteiger partial charge in [-0.1, -0.05) is 6.07 Å². The van der Waals surface area contributed by atoms with Gasteiger partial charge in [0, 0.05) is 28.2 Å². The second kappa shape index (κ2) is 9.54. The first-order valence-corrected chi connectivity index (χ1v) is 10.6. The molecule has 3 aromatic rings. The second-order valence-corrected chi connectivity index (χ2v) is 8.35. The molecule has 0 saturated heterocycles. The molecule has 0 spiro atoms. The molecule has 0 aliphatic rings. The molecule has 1 heterocycles. The summed E-state index contributed by atoms with van der Waals surface area (Å²) in [5, 5.41) is 8.69. The number of nitrogens with one attached hydrogen (secondary N) is 2. The smallest absolute Gasteiger partial charge is 0.255 e. The summed E-state index contributed by atoms with van der Waals surface area (Å²) < 4.78 is 5.76. The lowest BCUT2D eigenvalue weighted by atomic mass is 10.1. The van der Waals surface area contributed by atoms with Crippen molar-refractivity contribution < 1.29 is 14.3 Å². The van der Waals surface area contributed by atoms with Crippen LogP contribution in [-0.4, -0.2) is 22.8 Å². The van der Waals surface area contributed by atoms with Crippen LogP contribution in [0.1, 0.15) is 50.8 Å². The van der Waals surface area contributed by atoms with Gasteiger partial charge in [0.25, 0.3) is 11.8 Å². The van der Waals surface area contributed by atoms with E-state index in [1.807, 2.05) is 39.1 Å². The van der Waals surface area contributed by atoms with Crippen molar-refractivity contribution in [3.05, 3.63) is 75.2 Å². The number of nitrogens with zero attached hydrogens (tertiary/aromatic N) is 1. The Bertz CT molecular complexity index is 1060. The fourth-order valence-electron chi connectivity index (χ4n) is 2.90. The highest BCUT2D eigenvalue weighted by Crippen LogP contribution is 2.19. The number of aromatic nitrogens is 1. The molecule has 0 aliphatic heterocycles. The topological polar surface area (TPSA) is 80.3 Å². The van der Waals surface area contributed by atoms with Crippen LogP contribution in [0.5, 0.6) is 5.75 Å². The number of thiazole rings is 1. The summed E-state index contributed by atoms with van der Waals surface area (Å²) in [7, 11) is 0. The number of rotatable bonds is 7. The Morgan fingerprint density at radius 1 is 1.10 bits per heavy atom.